The van der Waals surface area contributed by atoms with E-state index >= 15 is 0 Å². The Kier molecular flexibility index (Phi) is 4.20. The van der Waals surface area contributed by atoms with Gasteiger partial charge in [0.1, 0.15) is 6.33 Å². The van der Waals surface area contributed by atoms with Gasteiger partial charge in [0.05, 0.1) is 5.69 Å². The Balaban J connectivity index is 2.13. The molecule has 0 aliphatic heterocycles. The van der Waals surface area contributed by atoms with Gasteiger partial charge < -0.3 is 5.32 Å². The lowest BCUT2D eigenvalue weighted by Gasteiger charge is -2.09. The minimum absolute atomic E-state index is 0.223. The van der Waals surface area contributed by atoms with Crippen molar-refractivity contribution in [2.45, 2.75) is 4.90 Å². The molecule has 2 aromatic rings. The molecule has 0 saturated heterocycles. The van der Waals surface area contributed by atoms with Crippen LogP contribution in [0.3, 0.4) is 0 Å². The molecule has 0 radical (unpaired) electrons. The minimum atomic E-state index is -0.223. The molecule has 0 aliphatic rings. The van der Waals surface area contributed by atoms with Gasteiger partial charge in [0.2, 0.25) is 0 Å². The van der Waals surface area contributed by atoms with Gasteiger partial charge in [0.25, 0.3) is 0 Å². The molecule has 1 N–H and O–H groups in total. The molecule has 92 valence electrons. The lowest BCUT2D eigenvalue weighted by Crippen LogP contribution is -2.18. The molecule has 0 atom stereocenters. The Morgan fingerprint density at radius 3 is 3.06 bits per heavy atom. The summed E-state index contributed by atoms with van der Waals surface area (Å²) >= 11 is 1.63. The first-order valence-electron chi connectivity index (χ1n) is 5.43. The molecule has 1 amide bonds. The average molecular weight is 259 g/mol. The summed E-state index contributed by atoms with van der Waals surface area (Å²) in [5.74, 6) is 0.804. The molecule has 0 fully saturated rings. The topological polar surface area (TPSA) is 46.9 Å². The second kappa shape index (κ2) is 6.07. The molecule has 0 aliphatic carbocycles. The molecular formula is C13H13N3OS. The number of rotatable bonds is 4. The number of amides is 1. The van der Waals surface area contributed by atoms with Crippen molar-refractivity contribution in [1.29, 1.82) is 0 Å². The van der Waals surface area contributed by atoms with Crippen molar-refractivity contribution in [2.75, 3.05) is 11.1 Å². The Morgan fingerprint density at radius 1 is 1.50 bits per heavy atom. The SMILES string of the molecule is C=CCSc1ccccc1NC(=O)n1ccnc1. The Bertz CT molecular complexity index is 537. The number of benzene rings is 1. The Hall–Kier alpha value is -2.01. The van der Waals surface area contributed by atoms with Crippen LogP contribution in [0.5, 0.6) is 0 Å². The zero-order valence-electron chi connectivity index (χ0n) is 9.74. The van der Waals surface area contributed by atoms with E-state index in [1.165, 1.54) is 10.9 Å². The zero-order valence-corrected chi connectivity index (χ0v) is 10.6. The second-order valence-corrected chi connectivity index (χ2v) is 4.56. The highest BCUT2D eigenvalue weighted by molar-refractivity contribution is 7.99. The molecule has 0 saturated carbocycles. The summed E-state index contributed by atoms with van der Waals surface area (Å²) in [5.41, 5.74) is 0.794. The maximum absolute atomic E-state index is 11.9. The smallest absolute Gasteiger partial charge is 0.306 e. The second-order valence-electron chi connectivity index (χ2n) is 3.50. The molecule has 5 heteroatoms. The summed E-state index contributed by atoms with van der Waals surface area (Å²) in [6.07, 6.45) is 6.47. The first kappa shape index (κ1) is 12.4. The number of para-hydroxylation sites is 1. The third kappa shape index (κ3) is 3.01. The number of thioether (sulfide) groups is 1. The summed E-state index contributed by atoms with van der Waals surface area (Å²) < 4.78 is 1.40. The zero-order chi connectivity index (χ0) is 12.8. The number of hydrogen-bond acceptors (Lipinski definition) is 3. The number of imidazole rings is 1. The van der Waals surface area contributed by atoms with E-state index in [4.69, 9.17) is 0 Å². The fourth-order valence-electron chi connectivity index (χ4n) is 1.40. The lowest BCUT2D eigenvalue weighted by atomic mass is 10.3. The maximum Gasteiger partial charge on any atom is 0.331 e. The third-order valence-corrected chi connectivity index (χ3v) is 3.29. The monoisotopic (exact) mass is 259 g/mol. The van der Waals surface area contributed by atoms with Crippen LogP contribution in [-0.2, 0) is 0 Å². The number of nitrogens with zero attached hydrogens (tertiary/aromatic N) is 2. The van der Waals surface area contributed by atoms with Crippen LogP contribution in [0, 0.1) is 0 Å². The highest BCUT2D eigenvalue weighted by Gasteiger charge is 2.07. The number of hydrogen-bond donors (Lipinski definition) is 1. The third-order valence-electron chi connectivity index (χ3n) is 2.22. The van der Waals surface area contributed by atoms with Gasteiger partial charge in [0, 0.05) is 23.0 Å². The molecule has 0 spiro atoms. The van der Waals surface area contributed by atoms with Crippen molar-refractivity contribution in [3.8, 4) is 0 Å². The van der Waals surface area contributed by atoms with Crippen LogP contribution in [0.1, 0.15) is 0 Å². The molecule has 4 nitrogen and oxygen atoms in total. The quantitative estimate of drug-likeness (QED) is 0.677. The molecule has 0 bridgehead atoms. The van der Waals surface area contributed by atoms with E-state index in [1.54, 1.807) is 24.2 Å². The van der Waals surface area contributed by atoms with Gasteiger partial charge in [-0.1, -0.05) is 18.2 Å². The summed E-state index contributed by atoms with van der Waals surface area (Å²) in [5, 5.41) is 2.85. The van der Waals surface area contributed by atoms with Crippen molar-refractivity contribution in [1.82, 2.24) is 9.55 Å². The van der Waals surface area contributed by atoms with Crippen LogP contribution in [0.2, 0.25) is 0 Å². The summed E-state index contributed by atoms with van der Waals surface area (Å²) in [6.45, 7) is 3.69. The van der Waals surface area contributed by atoms with E-state index < -0.39 is 0 Å². The highest BCUT2D eigenvalue weighted by atomic mass is 32.2. The van der Waals surface area contributed by atoms with E-state index in [-0.39, 0.29) is 6.03 Å². The molecular weight excluding hydrogens is 246 g/mol. The van der Waals surface area contributed by atoms with Crippen molar-refractivity contribution in [2.24, 2.45) is 0 Å². The van der Waals surface area contributed by atoms with Crippen LogP contribution < -0.4 is 5.32 Å². The van der Waals surface area contributed by atoms with Gasteiger partial charge in [-0.2, -0.15) is 0 Å². The number of carbonyl (C=O) groups is 1. The number of nitrogens with one attached hydrogen (secondary N) is 1. The van der Waals surface area contributed by atoms with E-state index in [9.17, 15) is 4.79 Å². The van der Waals surface area contributed by atoms with Crippen molar-refractivity contribution < 1.29 is 4.79 Å². The van der Waals surface area contributed by atoms with Gasteiger partial charge in [-0.25, -0.2) is 9.78 Å². The first-order valence-corrected chi connectivity index (χ1v) is 6.42. The van der Waals surface area contributed by atoms with Gasteiger partial charge in [0.15, 0.2) is 0 Å². The fourth-order valence-corrected chi connectivity index (χ4v) is 2.15. The van der Waals surface area contributed by atoms with Gasteiger partial charge >= 0.3 is 6.03 Å². The van der Waals surface area contributed by atoms with Crippen LogP contribution in [0.25, 0.3) is 0 Å². The van der Waals surface area contributed by atoms with Gasteiger partial charge in [-0.15, -0.1) is 18.3 Å². The number of carbonyl (C=O) groups excluding carboxylic acids is 1. The molecule has 18 heavy (non-hydrogen) atoms. The minimum Gasteiger partial charge on any atom is -0.306 e. The predicted molar refractivity (Wildman–Crippen MR) is 74.0 cm³/mol. The summed E-state index contributed by atoms with van der Waals surface area (Å²) in [6, 6.07) is 7.46. The number of anilines is 1. The fraction of sp³-hybridized carbons (Fsp3) is 0.0769. The average Bonchev–Trinajstić information content (AvgIpc) is 2.91. The van der Waals surface area contributed by atoms with Crippen molar-refractivity contribution in [3.05, 3.63) is 55.6 Å². The highest BCUT2D eigenvalue weighted by Crippen LogP contribution is 2.26. The van der Waals surface area contributed by atoms with Gasteiger partial charge in [-0.3, -0.25) is 4.57 Å². The van der Waals surface area contributed by atoms with E-state index in [1.807, 2.05) is 30.3 Å². The Morgan fingerprint density at radius 2 is 2.33 bits per heavy atom. The van der Waals surface area contributed by atoms with Crippen LogP contribution in [0.15, 0.2) is 60.5 Å². The van der Waals surface area contributed by atoms with Crippen LogP contribution >= 0.6 is 11.8 Å². The summed E-state index contributed by atoms with van der Waals surface area (Å²) in [7, 11) is 0. The van der Waals surface area contributed by atoms with Crippen LogP contribution in [-0.4, -0.2) is 21.3 Å². The predicted octanol–water partition coefficient (Wildman–Crippen LogP) is 3.24. The maximum atomic E-state index is 11.9. The molecule has 1 aromatic carbocycles. The first-order chi connectivity index (χ1) is 8.81. The van der Waals surface area contributed by atoms with Crippen molar-refractivity contribution in [3.63, 3.8) is 0 Å². The van der Waals surface area contributed by atoms with E-state index in [0.717, 1.165) is 16.3 Å². The van der Waals surface area contributed by atoms with Gasteiger partial charge in [-0.05, 0) is 12.1 Å². The molecule has 0 unspecified atom stereocenters. The molecule has 1 heterocycles. The standard InChI is InChI=1S/C13H13N3OS/c1-2-9-18-12-6-4-3-5-11(12)15-13(17)16-8-7-14-10-16/h2-8,10H,1,9H2,(H,15,17). The van der Waals surface area contributed by atoms with E-state index in [2.05, 4.69) is 16.9 Å². The molecule has 1 aromatic heterocycles. The lowest BCUT2D eigenvalue weighted by molar-refractivity contribution is 0.253. The van der Waals surface area contributed by atoms with E-state index in [0.29, 0.717) is 0 Å². The van der Waals surface area contributed by atoms with Crippen LogP contribution in [0.4, 0.5) is 10.5 Å². The summed E-state index contributed by atoms with van der Waals surface area (Å²) in [4.78, 5) is 16.7. The van der Waals surface area contributed by atoms with Crippen molar-refractivity contribution >= 4 is 23.5 Å². The number of aromatic nitrogens is 2. The molecule has 2 rings (SSSR count). The Labute approximate surface area is 110 Å². The largest absolute Gasteiger partial charge is 0.331 e. The normalized spacial score (nSPS) is 10.0.